The Morgan fingerprint density at radius 3 is 2.89 bits per heavy atom. The van der Waals surface area contributed by atoms with Crippen molar-refractivity contribution in [2.45, 2.75) is 6.42 Å². The first-order chi connectivity index (χ1) is 8.65. The highest BCUT2D eigenvalue weighted by atomic mass is 79.9. The lowest BCUT2D eigenvalue weighted by Gasteiger charge is -2.07. The first kappa shape index (κ1) is 15.4. The van der Waals surface area contributed by atoms with Gasteiger partial charge in [-0.2, -0.15) is 0 Å². The molecule has 0 aromatic heterocycles. The van der Waals surface area contributed by atoms with E-state index in [4.69, 9.17) is 21.4 Å². The summed E-state index contributed by atoms with van der Waals surface area (Å²) < 4.78 is 5.75. The van der Waals surface area contributed by atoms with Gasteiger partial charge in [0.15, 0.2) is 0 Å². The standard InChI is InChI=1S/C12H15BrClNO3/c13-11-8-9(14)2-3-10(11)12(17)15-4-1-6-18-7-5-16/h2-3,8,16H,1,4-7H2,(H,15,17). The Balaban J connectivity index is 2.32. The molecule has 100 valence electrons. The van der Waals surface area contributed by atoms with E-state index in [1.807, 2.05) is 0 Å². The minimum Gasteiger partial charge on any atom is -0.394 e. The highest BCUT2D eigenvalue weighted by molar-refractivity contribution is 9.10. The molecule has 0 radical (unpaired) electrons. The van der Waals surface area contributed by atoms with Crippen molar-refractivity contribution in [3.05, 3.63) is 33.3 Å². The number of nitrogens with one attached hydrogen (secondary N) is 1. The average molecular weight is 337 g/mol. The molecule has 0 aliphatic heterocycles. The summed E-state index contributed by atoms with van der Waals surface area (Å²) in [6.45, 7) is 1.39. The van der Waals surface area contributed by atoms with E-state index in [1.54, 1.807) is 18.2 Å². The monoisotopic (exact) mass is 335 g/mol. The fourth-order valence-corrected chi connectivity index (χ4v) is 2.17. The molecule has 0 atom stereocenters. The first-order valence-corrected chi connectivity index (χ1v) is 6.74. The van der Waals surface area contributed by atoms with Crippen LogP contribution in [0.25, 0.3) is 0 Å². The van der Waals surface area contributed by atoms with E-state index in [-0.39, 0.29) is 12.5 Å². The Hall–Kier alpha value is -0.620. The third-order valence-electron chi connectivity index (χ3n) is 2.16. The largest absolute Gasteiger partial charge is 0.394 e. The quantitative estimate of drug-likeness (QED) is 0.751. The SMILES string of the molecule is O=C(NCCCOCCO)c1ccc(Cl)cc1Br. The lowest BCUT2D eigenvalue weighted by Crippen LogP contribution is -2.25. The van der Waals surface area contributed by atoms with Crippen LogP contribution in [0.3, 0.4) is 0 Å². The first-order valence-electron chi connectivity index (χ1n) is 5.57. The van der Waals surface area contributed by atoms with E-state index in [9.17, 15) is 4.79 Å². The normalized spacial score (nSPS) is 10.4. The molecule has 2 N–H and O–H groups in total. The number of aliphatic hydroxyl groups excluding tert-OH is 1. The molecular formula is C12H15BrClNO3. The third-order valence-corrected chi connectivity index (χ3v) is 3.05. The highest BCUT2D eigenvalue weighted by Gasteiger charge is 2.09. The van der Waals surface area contributed by atoms with Gasteiger partial charge in [0.25, 0.3) is 5.91 Å². The Kier molecular flexibility index (Phi) is 7.27. The lowest BCUT2D eigenvalue weighted by molar-refractivity contribution is 0.0867. The molecule has 6 heteroatoms. The third kappa shape index (κ3) is 5.35. The van der Waals surface area contributed by atoms with Crippen LogP contribution in [0.2, 0.25) is 5.02 Å². The van der Waals surface area contributed by atoms with Crippen molar-refractivity contribution < 1.29 is 14.6 Å². The van der Waals surface area contributed by atoms with Gasteiger partial charge in [-0.05, 0) is 40.5 Å². The van der Waals surface area contributed by atoms with Crippen LogP contribution in [0.1, 0.15) is 16.8 Å². The van der Waals surface area contributed by atoms with Crippen molar-refractivity contribution in [2.75, 3.05) is 26.4 Å². The lowest BCUT2D eigenvalue weighted by atomic mass is 10.2. The zero-order valence-electron chi connectivity index (χ0n) is 9.79. The maximum Gasteiger partial charge on any atom is 0.252 e. The minimum atomic E-state index is -0.152. The number of carbonyl (C=O) groups is 1. The van der Waals surface area contributed by atoms with Crippen molar-refractivity contribution in [1.29, 1.82) is 0 Å². The summed E-state index contributed by atoms with van der Waals surface area (Å²) in [5, 5.41) is 11.9. The van der Waals surface area contributed by atoms with Gasteiger partial charge in [0, 0.05) is 22.6 Å². The average Bonchev–Trinajstić information content (AvgIpc) is 2.33. The van der Waals surface area contributed by atoms with Crippen molar-refractivity contribution in [3.8, 4) is 0 Å². The summed E-state index contributed by atoms with van der Waals surface area (Å²) >= 11 is 9.09. The number of carbonyl (C=O) groups excluding carboxylic acids is 1. The van der Waals surface area contributed by atoms with Gasteiger partial charge < -0.3 is 15.2 Å². The van der Waals surface area contributed by atoms with Crippen LogP contribution in [0.5, 0.6) is 0 Å². The molecule has 1 aromatic carbocycles. The Bertz CT molecular complexity index is 401. The summed E-state index contributed by atoms with van der Waals surface area (Å²) in [7, 11) is 0. The van der Waals surface area contributed by atoms with E-state index >= 15 is 0 Å². The molecule has 0 fully saturated rings. The zero-order valence-corrected chi connectivity index (χ0v) is 12.1. The summed E-state index contributed by atoms with van der Waals surface area (Å²) in [5.41, 5.74) is 0.552. The second-order valence-corrected chi connectivity index (χ2v) is 4.86. The van der Waals surface area contributed by atoms with Crippen molar-refractivity contribution in [3.63, 3.8) is 0 Å². The molecule has 0 bridgehead atoms. The van der Waals surface area contributed by atoms with E-state index in [2.05, 4.69) is 21.2 Å². The van der Waals surface area contributed by atoms with E-state index in [1.165, 1.54) is 0 Å². The number of halogens is 2. The molecule has 0 saturated carbocycles. The smallest absolute Gasteiger partial charge is 0.252 e. The Morgan fingerprint density at radius 1 is 1.44 bits per heavy atom. The van der Waals surface area contributed by atoms with Crippen molar-refractivity contribution >= 4 is 33.4 Å². The number of rotatable bonds is 7. The highest BCUT2D eigenvalue weighted by Crippen LogP contribution is 2.21. The molecule has 0 spiro atoms. The van der Waals surface area contributed by atoms with Crippen LogP contribution in [0.15, 0.2) is 22.7 Å². The maximum absolute atomic E-state index is 11.8. The molecule has 0 saturated heterocycles. The molecule has 1 aromatic rings. The van der Waals surface area contributed by atoms with Crippen LogP contribution in [-0.2, 0) is 4.74 Å². The Morgan fingerprint density at radius 2 is 2.22 bits per heavy atom. The van der Waals surface area contributed by atoms with Gasteiger partial charge >= 0.3 is 0 Å². The number of benzene rings is 1. The second-order valence-electron chi connectivity index (χ2n) is 3.57. The van der Waals surface area contributed by atoms with E-state index < -0.39 is 0 Å². The molecule has 0 aliphatic carbocycles. The predicted molar refractivity (Wildman–Crippen MR) is 74.0 cm³/mol. The summed E-state index contributed by atoms with van der Waals surface area (Å²) in [6, 6.07) is 5.02. The second kappa shape index (κ2) is 8.48. The van der Waals surface area contributed by atoms with E-state index in [0.29, 0.717) is 41.2 Å². The summed E-state index contributed by atoms with van der Waals surface area (Å²) in [6.07, 6.45) is 0.705. The van der Waals surface area contributed by atoms with Crippen molar-refractivity contribution in [1.82, 2.24) is 5.32 Å². The fraction of sp³-hybridized carbons (Fsp3) is 0.417. The summed E-state index contributed by atoms with van der Waals surface area (Å²) in [4.78, 5) is 11.8. The van der Waals surface area contributed by atoms with Crippen LogP contribution in [-0.4, -0.2) is 37.4 Å². The predicted octanol–water partition coefficient (Wildman–Crippen LogP) is 2.23. The van der Waals surface area contributed by atoms with Crippen LogP contribution < -0.4 is 5.32 Å². The number of hydrogen-bond acceptors (Lipinski definition) is 3. The van der Waals surface area contributed by atoms with Gasteiger partial charge in [0.2, 0.25) is 0 Å². The van der Waals surface area contributed by atoms with Gasteiger partial charge in [-0.25, -0.2) is 0 Å². The van der Waals surface area contributed by atoms with Gasteiger partial charge in [0.1, 0.15) is 0 Å². The molecular weight excluding hydrogens is 321 g/mol. The molecule has 0 unspecified atom stereocenters. The molecule has 0 aliphatic rings. The number of hydrogen-bond donors (Lipinski definition) is 2. The minimum absolute atomic E-state index is 0.0179. The number of amides is 1. The van der Waals surface area contributed by atoms with Gasteiger partial charge in [-0.15, -0.1) is 0 Å². The van der Waals surface area contributed by atoms with Crippen LogP contribution >= 0.6 is 27.5 Å². The van der Waals surface area contributed by atoms with Gasteiger partial charge in [0.05, 0.1) is 18.8 Å². The number of ether oxygens (including phenoxy) is 1. The Labute approximate surface area is 119 Å². The van der Waals surface area contributed by atoms with Gasteiger partial charge in [-0.1, -0.05) is 11.6 Å². The maximum atomic E-state index is 11.8. The van der Waals surface area contributed by atoms with Crippen molar-refractivity contribution in [2.24, 2.45) is 0 Å². The van der Waals surface area contributed by atoms with Crippen LogP contribution in [0.4, 0.5) is 0 Å². The molecule has 18 heavy (non-hydrogen) atoms. The van der Waals surface area contributed by atoms with E-state index in [0.717, 1.165) is 0 Å². The van der Waals surface area contributed by atoms with Crippen LogP contribution in [0, 0.1) is 0 Å². The molecule has 1 amide bonds. The zero-order chi connectivity index (χ0) is 13.4. The fourth-order valence-electron chi connectivity index (χ4n) is 1.31. The molecule has 1 rings (SSSR count). The molecule has 4 nitrogen and oxygen atoms in total. The topological polar surface area (TPSA) is 58.6 Å². The number of aliphatic hydroxyl groups is 1. The summed E-state index contributed by atoms with van der Waals surface area (Å²) in [5.74, 6) is -0.152. The van der Waals surface area contributed by atoms with Gasteiger partial charge in [-0.3, -0.25) is 4.79 Å². The molecule has 0 heterocycles.